The molecule has 0 aliphatic rings. The van der Waals surface area contributed by atoms with Crippen molar-refractivity contribution in [3.8, 4) is 0 Å². The van der Waals surface area contributed by atoms with Crippen molar-refractivity contribution in [3.05, 3.63) is 38.9 Å². The normalized spacial score (nSPS) is 10.5. The average Bonchev–Trinajstić information content (AvgIpc) is 2.03. The van der Waals surface area contributed by atoms with E-state index in [0.717, 1.165) is 18.2 Å². The summed E-state index contributed by atoms with van der Waals surface area (Å²) in [6.07, 6.45) is -2.75. The second kappa shape index (κ2) is 3.66. The Morgan fingerprint density at radius 2 is 2.00 bits per heavy atom. The Hall–Kier alpha value is -1.23. The molecule has 0 saturated heterocycles. The van der Waals surface area contributed by atoms with Crippen molar-refractivity contribution in [2.24, 2.45) is 0 Å². The summed E-state index contributed by atoms with van der Waals surface area (Å²) in [5.41, 5.74) is -0.873. The molecule has 6 heteroatoms. The highest BCUT2D eigenvalue weighted by molar-refractivity contribution is 6.30. The lowest BCUT2D eigenvalue weighted by atomic mass is 10.2. The molecule has 1 aromatic carbocycles. The van der Waals surface area contributed by atoms with Gasteiger partial charge in [0, 0.05) is 22.7 Å². The lowest BCUT2D eigenvalue weighted by molar-refractivity contribution is -0.385. The number of nitro benzene ring substituents is 1. The van der Waals surface area contributed by atoms with Crippen LogP contribution in [0.4, 0.5) is 14.5 Å². The summed E-state index contributed by atoms with van der Waals surface area (Å²) in [5.74, 6) is 0. The van der Waals surface area contributed by atoms with Gasteiger partial charge in [-0.2, -0.15) is 0 Å². The second-order valence-electron chi connectivity index (χ2n) is 2.30. The van der Waals surface area contributed by atoms with E-state index in [-0.39, 0.29) is 5.02 Å². The molecule has 0 spiro atoms. The minimum Gasteiger partial charge on any atom is -0.258 e. The van der Waals surface area contributed by atoms with Crippen molar-refractivity contribution in [2.45, 2.75) is 6.43 Å². The molecule has 1 aromatic rings. The molecular weight excluding hydrogens is 204 g/mol. The molecule has 0 aromatic heterocycles. The van der Waals surface area contributed by atoms with Crippen LogP contribution < -0.4 is 0 Å². The van der Waals surface area contributed by atoms with E-state index < -0.39 is 22.6 Å². The third kappa shape index (κ3) is 2.35. The van der Waals surface area contributed by atoms with Gasteiger partial charge in [-0.3, -0.25) is 10.1 Å². The highest BCUT2D eigenvalue weighted by Gasteiger charge is 2.14. The summed E-state index contributed by atoms with van der Waals surface area (Å²) in [6, 6.07) is 2.82. The maximum Gasteiger partial charge on any atom is 0.271 e. The van der Waals surface area contributed by atoms with Gasteiger partial charge < -0.3 is 0 Å². The van der Waals surface area contributed by atoms with Gasteiger partial charge in [0.1, 0.15) is 0 Å². The summed E-state index contributed by atoms with van der Waals surface area (Å²) >= 11 is 5.40. The summed E-state index contributed by atoms with van der Waals surface area (Å²) in [4.78, 5) is 9.46. The molecular formula is C7H4ClF2NO2. The quantitative estimate of drug-likeness (QED) is 0.552. The maximum atomic E-state index is 12.1. The fourth-order valence-corrected chi connectivity index (χ4v) is 1.07. The largest absolute Gasteiger partial charge is 0.271 e. The number of nitro groups is 1. The minimum absolute atomic E-state index is 0.0653. The molecule has 0 bridgehead atoms. The zero-order valence-electron chi connectivity index (χ0n) is 6.21. The molecule has 0 fully saturated rings. The standard InChI is InChI=1S/C7H4ClF2NO2/c8-5-1-4(7(9)10)2-6(3-5)11(12)13/h1-3,7H. The van der Waals surface area contributed by atoms with Gasteiger partial charge in [0.2, 0.25) is 0 Å². The van der Waals surface area contributed by atoms with Gasteiger partial charge in [-0.15, -0.1) is 0 Å². The third-order valence-electron chi connectivity index (χ3n) is 1.37. The van der Waals surface area contributed by atoms with Gasteiger partial charge in [-0.05, 0) is 6.07 Å². The van der Waals surface area contributed by atoms with Crippen molar-refractivity contribution >= 4 is 17.3 Å². The van der Waals surface area contributed by atoms with E-state index in [4.69, 9.17) is 11.6 Å². The highest BCUT2D eigenvalue weighted by atomic mass is 35.5. The number of hydrogen-bond donors (Lipinski definition) is 0. The highest BCUT2D eigenvalue weighted by Crippen LogP contribution is 2.27. The van der Waals surface area contributed by atoms with E-state index in [1.807, 2.05) is 0 Å². The Kier molecular flexibility index (Phi) is 2.77. The van der Waals surface area contributed by atoms with Gasteiger partial charge in [0.15, 0.2) is 0 Å². The summed E-state index contributed by atoms with van der Waals surface area (Å²) in [5, 5.41) is 10.2. The number of alkyl halides is 2. The van der Waals surface area contributed by atoms with Crippen LogP contribution >= 0.6 is 11.6 Å². The Morgan fingerprint density at radius 1 is 1.38 bits per heavy atom. The van der Waals surface area contributed by atoms with Crippen LogP contribution in [0.5, 0.6) is 0 Å². The smallest absolute Gasteiger partial charge is 0.258 e. The maximum absolute atomic E-state index is 12.1. The number of nitrogens with zero attached hydrogens (tertiary/aromatic N) is 1. The summed E-state index contributed by atoms with van der Waals surface area (Å²) in [6.45, 7) is 0. The topological polar surface area (TPSA) is 43.1 Å². The fraction of sp³-hybridized carbons (Fsp3) is 0.143. The molecule has 0 saturated carbocycles. The van der Waals surface area contributed by atoms with Gasteiger partial charge in [-0.1, -0.05) is 11.6 Å². The van der Waals surface area contributed by atoms with E-state index in [0.29, 0.717) is 0 Å². The van der Waals surface area contributed by atoms with Crippen LogP contribution in [0.15, 0.2) is 18.2 Å². The molecule has 0 unspecified atom stereocenters. The molecule has 3 nitrogen and oxygen atoms in total. The van der Waals surface area contributed by atoms with Gasteiger partial charge in [0.25, 0.3) is 12.1 Å². The number of halogens is 3. The van der Waals surface area contributed by atoms with Gasteiger partial charge in [0.05, 0.1) is 4.92 Å². The minimum atomic E-state index is -2.75. The van der Waals surface area contributed by atoms with Crippen LogP contribution in [0.2, 0.25) is 5.02 Å². The first-order valence-corrected chi connectivity index (χ1v) is 3.61. The number of hydrogen-bond acceptors (Lipinski definition) is 2. The first-order valence-electron chi connectivity index (χ1n) is 3.23. The summed E-state index contributed by atoms with van der Waals surface area (Å²) < 4.78 is 24.2. The van der Waals surface area contributed by atoms with Crippen LogP contribution in [0, 0.1) is 10.1 Å². The van der Waals surface area contributed by atoms with Crippen molar-refractivity contribution < 1.29 is 13.7 Å². The van der Waals surface area contributed by atoms with Crippen molar-refractivity contribution in [1.82, 2.24) is 0 Å². The van der Waals surface area contributed by atoms with E-state index in [9.17, 15) is 18.9 Å². The molecule has 0 heterocycles. The molecule has 0 N–H and O–H groups in total. The monoisotopic (exact) mass is 207 g/mol. The molecule has 70 valence electrons. The van der Waals surface area contributed by atoms with Gasteiger partial charge in [-0.25, -0.2) is 8.78 Å². The Labute approximate surface area is 77.1 Å². The number of non-ortho nitro benzene ring substituents is 1. The zero-order valence-corrected chi connectivity index (χ0v) is 6.96. The van der Waals surface area contributed by atoms with Crippen LogP contribution in [-0.2, 0) is 0 Å². The SMILES string of the molecule is O=[N+]([O-])c1cc(Cl)cc(C(F)F)c1. The molecule has 13 heavy (non-hydrogen) atoms. The fourth-order valence-electron chi connectivity index (χ4n) is 0.828. The molecule has 1 rings (SSSR count). The van der Waals surface area contributed by atoms with Crippen LogP contribution in [0.3, 0.4) is 0 Å². The molecule has 0 radical (unpaired) electrons. The zero-order chi connectivity index (χ0) is 10.0. The van der Waals surface area contributed by atoms with E-state index in [2.05, 4.69) is 0 Å². The predicted molar refractivity (Wildman–Crippen MR) is 43.1 cm³/mol. The van der Waals surface area contributed by atoms with Crippen LogP contribution in [0.25, 0.3) is 0 Å². The first kappa shape index (κ1) is 9.85. The lowest BCUT2D eigenvalue weighted by Crippen LogP contribution is -1.91. The molecule has 0 aliphatic heterocycles. The van der Waals surface area contributed by atoms with E-state index >= 15 is 0 Å². The van der Waals surface area contributed by atoms with Crippen molar-refractivity contribution in [3.63, 3.8) is 0 Å². The van der Waals surface area contributed by atoms with Crippen molar-refractivity contribution in [2.75, 3.05) is 0 Å². The number of rotatable bonds is 2. The second-order valence-corrected chi connectivity index (χ2v) is 2.74. The summed E-state index contributed by atoms with van der Waals surface area (Å²) in [7, 11) is 0. The number of benzene rings is 1. The van der Waals surface area contributed by atoms with Crippen LogP contribution in [-0.4, -0.2) is 4.92 Å². The first-order chi connectivity index (χ1) is 6.00. The third-order valence-corrected chi connectivity index (χ3v) is 1.59. The predicted octanol–water partition coefficient (Wildman–Crippen LogP) is 3.19. The Balaban J connectivity index is 3.19. The van der Waals surface area contributed by atoms with Gasteiger partial charge >= 0.3 is 0 Å². The average molecular weight is 208 g/mol. The Bertz CT molecular complexity index is 343. The molecule has 0 aliphatic carbocycles. The molecule has 0 atom stereocenters. The lowest BCUT2D eigenvalue weighted by Gasteiger charge is -1.99. The van der Waals surface area contributed by atoms with E-state index in [1.165, 1.54) is 0 Å². The Morgan fingerprint density at radius 3 is 2.46 bits per heavy atom. The van der Waals surface area contributed by atoms with E-state index in [1.54, 1.807) is 0 Å². The molecule has 0 amide bonds. The van der Waals surface area contributed by atoms with Crippen molar-refractivity contribution in [1.29, 1.82) is 0 Å². The van der Waals surface area contributed by atoms with Crippen LogP contribution in [0.1, 0.15) is 12.0 Å².